The number of hydrogen-bond acceptors (Lipinski definition) is 3. The second kappa shape index (κ2) is 7.92. The van der Waals surface area contributed by atoms with Gasteiger partial charge in [-0.2, -0.15) is 0 Å². The minimum atomic E-state index is 0.108. The van der Waals surface area contributed by atoms with Gasteiger partial charge in [-0.15, -0.1) is 0 Å². The van der Waals surface area contributed by atoms with Crippen LogP contribution in [0.3, 0.4) is 0 Å². The fourth-order valence-electron chi connectivity index (χ4n) is 5.15. The third-order valence-electron chi connectivity index (χ3n) is 6.89. The smallest absolute Gasteiger partial charge is 0.256 e. The van der Waals surface area contributed by atoms with Crippen LogP contribution in [0.2, 0.25) is 0 Å². The number of ether oxygens (including phenoxy) is 1. The number of anilines is 1. The average molecular weight is 403 g/mol. The number of carbonyl (C=O) groups excluding carboxylic acids is 1. The number of hydrogen-bond donors (Lipinski definition) is 1. The summed E-state index contributed by atoms with van der Waals surface area (Å²) < 4.78 is 5.44. The number of carbonyl (C=O) groups is 1. The number of para-hydroxylation sites is 1. The summed E-state index contributed by atoms with van der Waals surface area (Å²) in [5.74, 6) is 1.47. The van der Waals surface area contributed by atoms with Crippen molar-refractivity contribution in [1.29, 1.82) is 0 Å². The minimum absolute atomic E-state index is 0.108. The molecule has 2 aliphatic heterocycles. The van der Waals surface area contributed by atoms with Gasteiger partial charge in [-0.3, -0.25) is 4.79 Å². The van der Waals surface area contributed by atoms with Crippen LogP contribution in [0.4, 0.5) is 5.69 Å². The van der Waals surface area contributed by atoms with Crippen LogP contribution >= 0.6 is 0 Å². The molecule has 3 unspecified atom stereocenters. The molecule has 1 fully saturated rings. The Kier molecular flexibility index (Phi) is 5.11. The average Bonchev–Trinajstić information content (AvgIpc) is 3.28. The van der Waals surface area contributed by atoms with Crippen molar-refractivity contribution in [2.75, 3.05) is 31.6 Å². The normalized spacial score (nSPS) is 25.0. The van der Waals surface area contributed by atoms with E-state index in [0.717, 1.165) is 17.7 Å². The summed E-state index contributed by atoms with van der Waals surface area (Å²) in [5.41, 5.74) is 5.72. The van der Waals surface area contributed by atoms with Crippen LogP contribution in [0.15, 0.2) is 54.6 Å². The highest BCUT2D eigenvalue weighted by molar-refractivity contribution is 6.01. The van der Waals surface area contributed by atoms with Gasteiger partial charge in [-0.1, -0.05) is 62.4 Å². The van der Waals surface area contributed by atoms with Crippen molar-refractivity contribution in [1.82, 2.24) is 4.90 Å². The van der Waals surface area contributed by atoms with Gasteiger partial charge in [0, 0.05) is 19.0 Å². The van der Waals surface area contributed by atoms with Gasteiger partial charge in [-0.25, -0.2) is 0 Å². The van der Waals surface area contributed by atoms with Crippen molar-refractivity contribution in [3.63, 3.8) is 0 Å². The molecule has 156 valence electrons. The molecule has 0 bridgehead atoms. The molecule has 3 atom stereocenters. The molecule has 1 saturated heterocycles. The van der Waals surface area contributed by atoms with Crippen molar-refractivity contribution >= 4 is 11.6 Å². The summed E-state index contributed by atoms with van der Waals surface area (Å²) in [4.78, 5) is 15.3. The van der Waals surface area contributed by atoms with Crippen molar-refractivity contribution in [2.45, 2.75) is 38.1 Å². The zero-order valence-corrected chi connectivity index (χ0v) is 17.8. The largest absolute Gasteiger partial charge is 0.378 e. The minimum Gasteiger partial charge on any atom is -0.378 e. The lowest BCUT2D eigenvalue weighted by Gasteiger charge is -2.39. The Labute approximate surface area is 178 Å². The van der Waals surface area contributed by atoms with Crippen molar-refractivity contribution in [3.8, 4) is 0 Å². The molecule has 5 rings (SSSR count). The van der Waals surface area contributed by atoms with Gasteiger partial charge in [0.15, 0.2) is 0 Å². The summed E-state index contributed by atoms with van der Waals surface area (Å²) in [6.07, 6.45) is 5.70. The molecule has 4 heteroatoms. The van der Waals surface area contributed by atoms with Gasteiger partial charge < -0.3 is 15.0 Å². The molecule has 30 heavy (non-hydrogen) atoms. The van der Waals surface area contributed by atoms with Crippen LogP contribution < -0.4 is 5.32 Å². The van der Waals surface area contributed by atoms with E-state index in [0.29, 0.717) is 44.1 Å². The molecule has 2 heterocycles. The highest BCUT2D eigenvalue weighted by Gasteiger charge is 2.39. The van der Waals surface area contributed by atoms with E-state index in [-0.39, 0.29) is 11.9 Å². The second-order valence-electron chi connectivity index (χ2n) is 8.97. The second-order valence-corrected chi connectivity index (χ2v) is 8.97. The number of rotatable bonds is 3. The molecule has 4 nitrogen and oxygen atoms in total. The Morgan fingerprint density at radius 3 is 2.60 bits per heavy atom. The van der Waals surface area contributed by atoms with E-state index in [1.807, 2.05) is 17.0 Å². The molecule has 3 aliphatic rings. The maximum atomic E-state index is 13.3. The summed E-state index contributed by atoms with van der Waals surface area (Å²) in [6.45, 7) is 7.01. The number of morpholine rings is 1. The highest BCUT2D eigenvalue weighted by atomic mass is 16.5. The first-order valence-corrected chi connectivity index (χ1v) is 11.2. The maximum absolute atomic E-state index is 13.3. The molecule has 1 aliphatic carbocycles. The lowest BCUT2D eigenvalue weighted by Crippen LogP contribution is -2.41. The molecule has 0 aromatic heterocycles. The van der Waals surface area contributed by atoms with Crippen LogP contribution in [-0.2, 0) is 4.74 Å². The summed E-state index contributed by atoms with van der Waals surface area (Å²) >= 11 is 0. The summed E-state index contributed by atoms with van der Waals surface area (Å²) in [6, 6.07) is 15.4. The van der Waals surface area contributed by atoms with E-state index in [9.17, 15) is 4.79 Å². The Bertz CT molecular complexity index is 957. The van der Waals surface area contributed by atoms with Crippen molar-refractivity contribution < 1.29 is 9.53 Å². The monoisotopic (exact) mass is 402 g/mol. The predicted molar refractivity (Wildman–Crippen MR) is 120 cm³/mol. The Morgan fingerprint density at radius 1 is 1.10 bits per heavy atom. The molecule has 1 amide bonds. The van der Waals surface area contributed by atoms with Crippen LogP contribution in [0.1, 0.15) is 65.2 Å². The number of nitrogens with zero attached hydrogens (tertiary/aromatic N) is 1. The first-order chi connectivity index (χ1) is 14.6. The van der Waals surface area contributed by atoms with Crippen LogP contribution in [0.5, 0.6) is 0 Å². The third kappa shape index (κ3) is 3.33. The van der Waals surface area contributed by atoms with Crippen LogP contribution in [0.25, 0.3) is 0 Å². The van der Waals surface area contributed by atoms with Gasteiger partial charge in [0.25, 0.3) is 5.91 Å². The fourth-order valence-corrected chi connectivity index (χ4v) is 5.15. The lowest BCUT2D eigenvalue weighted by atomic mass is 9.76. The van der Waals surface area contributed by atoms with E-state index < -0.39 is 0 Å². The topological polar surface area (TPSA) is 41.6 Å². The van der Waals surface area contributed by atoms with Gasteiger partial charge in [0.2, 0.25) is 0 Å². The Hall–Kier alpha value is -2.59. The molecular formula is C26H30N2O2. The highest BCUT2D eigenvalue weighted by Crippen LogP contribution is 2.50. The molecule has 1 N–H and O–H groups in total. The lowest BCUT2D eigenvalue weighted by molar-refractivity contribution is 0.0303. The van der Waals surface area contributed by atoms with Gasteiger partial charge in [0.05, 0.1) is 30.5 Å². The SMILES string of the molecule is CC(C)c1ccc(C2Nc3c(C(=O)N4CCOCC4)cccc3C3C=CCC32)cc1. The zero-order chi connectivity index (χ0) is 20.7. The predicted octanol–water partition coefficient (Wildman–Crippen LogP) is 5.11. The van der Waals surface area contributed by atoms with Gasteiger partial charge in [0.1, 0.15) is 0 Å². The molecular weight excluding hydrogens is 372 g/mol. The molecule has 0 radical (unpaired) electrons. The summed E-state index contributed by atoms with van der Waals surface area (Å²) in [7, 11) is 0. The molecule has 0 saturated carbocycles. The zero-order valence-electron chi connectivity index (χ0n) is 17.8. The van der Waals surface area contributed by atoms with E-state index in [4.69, 9.17) is 4.74 Å². The standard InChI is InChI=1S/C26H30N2O2/c1-17(2)18-9-11-19(12-10-18)24-21-6-3-5-20(21)22-7-4-8-23(25(22)27-24)26(29)28-13-15-30-16-14-28/h3-5,7-12,17,20-21,24,27H,6,13-16H2,1-2H3. The Balaban J connectivity index is 1.52. The van der Waals surface area contributed by atoms with Gasteiger partial charge >= 0.3 is 0 Å². The first-order valence-electron chi connectivity index (χ1n) is 11.2. The van der Waals surface area contributed by atoms with Crippen LogP contribution in [-0.4, -0.2) is 37.1 Å². The van der Waals surface area contributed by atoms with Crippen LogP contribution in [0, 0.1) is 5.92 Å². The molecule has 2 aromatic carbocycles. The van der Waals surface area contributed by atoms with E-state index >= 15 is 0 Å². The fraction of sp³-hybridized carbons (Fsp3) is 0.423. The number of nitrogens with one attached hydrogen (secondary N) is 1. The third-order valence-corrected chi connectivity index (χ3v) is 6.89. The first kappa shape index (κ1) is 19.4. The number of benzene rings is 2. The summed E-state index contributed by atoms with van der Waals surface area (Å²) in [5, 5.41) is 3.80. The quantitative estimate of drug-likeness (QED) is 0.726. The molecule has 2 aromatic rings. The molecule has 0 spiro atoms. The number of amides is 1. The number of fused-ring (bicyclic) bond motifs is 3. The van der Waals surface area contributed by atoms with Crippen molar-refractivity contribution in [2.24, 2.45) is 5.92 Å². The number of allylic oxidation sites excluding steroid dienone is 2. The van der Waals surface area contributed by atoms with Gasteiger partial charge in [-0.05, 0) is 41.0 Å². The maximum Gasteiger partial charge on any atom is 0.256 e. The van der Waals surface area contributed by atoms with E-state index in [1.54, 1.807) is 0 Å². The van der Waals surface area contributed by atoms with Crippen molar-refractivity contribution in [3.05, 3.63) is 76.9 Å². The Morgan fingerprint density at radius 2 is 1.87 bits per heavy atom. The van der Waals surface area contributed by atoms with E-state index in [1.165, 1.54) is 16.7 Å². The van der Waals surface area contributed by atoms with E-state index in [2.05, 4.69) is 61.6 Å².